The van der Waals surface area contributed by atoms with Crippen molar-refractivity contribution in [1.29, 1.82) is 0 Å². The van der Waals surface area contributed by atoms with Crippen molar-refractivity contribution < 1.29 is 27.8 Å². The smallest absolute Gasteiger partial charge is 0.410 e. The Labute approximate surface area is 228 Å². The summed E-state index contributed by atoms with van der Waals surface area (Å²) in [5.41, 5.74) is 7.71. The molecule has 2 saturated heterocycles. The second-order valence-electron chi connectivity index (χ2n) is 10.8. The number of aromatic nitrogens is 1. The zero-order chi connectivity index (χ0) is 28.1. The standard InChI is InChI=1S/C29H38F2N4O4/c1-18(2)38-29(37)34-11-8-20(9-12-34)19(3)39-27-7-6-23(16-33-27)21-4-5-22(25(31)14-21)15-26(32)28(36)35-13-10-24(30)17-35/h4-7,14,16,18-20,24,26H,8-13,15,17,32H2,1-3H3/t19-,24-,26-/m0/s1. The van der Waals surface area contributed by atoms with Gasteiger partial charge < -0.3 is 25.0 Å². The number of carbonyl (C=O) groups excluding carboxylic acids is 2. The largest absolute Gasteiger partial charge is 0.474 e. The number of carbonyl (C=O) groups is 2. The molecule has 0 saturated carbocycles. The number of benzene rings is 1. The van der Waals surface area contributed by atoms with E-state index < -0.39 is 18.0 Å². The van der Waals surface area contributed by atoms with Gasteiger partial charge in [-0.05, 0) is 75.6 Å². The number of likely N-dealkylation sites (tertiary alicyclic amines) is 2. The van der Waals surface area contributed by atoms with Gasteiger partial charge in [0.25, 0.3) is 0 Å². The first kappa shape index (κ1) is 28.7. The molecule has 2 aromatic rings. The Kier molecular flexibility index (Phi) is 9.37. The second-order valence-corrected chi connectivity index (χ2v) is 10.8. The third kappa shape index (κ3) is 7.44. The molecular formula is C29H38F2N4O4. The molecule has 2 N–H and O–H groups in total. The molecule has 0 aliphatic carbocycles. The number of halogens is 2. The minimum absolute atomic E-state index is 0.0408. The Morgan fingerprint density at radius 3 is 2.33 bits per heavy atom. The average Bonchev–Trinajstić information content (AvgIpc) is 3.35. The van der Waals surface area contributed by atoms with E-state index in [0.717, 1.165) is 18.4 Å². The summed E-state index contributed by atoms with van der Waals surface area (Å²) >= 11 is 0. The summed E-state index contributed by atoms with van der Waals surface area (Å²) in [6.07, 6.45) is 2.13. The predicted molar refractivity (Wildman–Crippen MR) is 143 cm³/mol. The summed E-state index contributed by atoms with van der Waals surface area (Å²) in [6, 6.07) is 7.45. The lowest BCUT2D eigenvalue weighted by atomic mass is 9.92. The Morgan fingerprint density at radius 1 is 1.05 bits per heavy atom. The van der Waals surface area contributed by atoms with E-state index in [1.165, 1.54) is 11.0 Å². The van der Waals surface area contributed by atoms with Crippen LogP contribution in [0.4, 0.5) is 13.6 Å². The van der Waals surface area contributed by atoms with E-state index in [9.17, 15) is 18.4 Å². The van der Waals surface area contributed by atoms with Crippen LogP contribution in [0.1, 0.15) is 45.6 Å². The first-order valence-electron chi connectivity index (χ1n) is 13.7. The summed E-state index contributed by atoms with van der Waals surface area (Å²) in [5.74, 6) is -0.0461. The Morgan fingerprint density at radius 2 is 1.74 bits per heavy atom. The number of rotatable bonds is 8. The monoisotopic (exact) mass is 544 g/mol. The minimum Gasteiger partial charge on any atom is -0.474 e. The fourth-order valence-corrected chi connectivity index (χ4v) is 5.10. The molecule has 3 atom stereocenters. The van der Waals surface area contributed by atoms with Crippen LogP contribution in [0.25, 0.3) is 11.1 Å². The van der Waals surface area contributed by atoms with Crippen molar-refractivity contribution in [1.82, 2.24) is 14.8 Å². The number of alkyl halides is 1. The second kappa shape index (κ2) is 12.7. The highest BCUT2D eigenvalue weighted by Gasteiger charge is 2.30. The van der Waals surface area contributed by atoms with Gasteiger partial charge in [-0.25, -0.2) is 18.6 Å². The molecule has 1 aromatic heterocycles. The lowest BCUT2D eigenvalue weighted by Crippen LogP contribution is -2.44. The van der Waals surface area contributed by atoms with E-state index in [-0.39, 0.29) is 37.2 Å². The Bertz CT molecular complexity index is 1140. The van der Waals surface area contributed by atoms with E-state index >= 15 is 0 Å². The van der Waals surface area contributed by atoms with E-state index in [1.807, 2.05) is 26.8 Å². The molecule has 2 aliphatic heterocycles. The highest BCUT2D eigenvalue weighted by Crippen LogP contribution is 2.27. The summed E-state index contributed by atoms with van der Waals surface area (Å²) in [6.45, 7) is 7.34. The first-order chi connectivity index (χ1) is 18.6. The van der Waals surface area contributed by atoms with Gasteiger partial charge in [-0.2, -0.15) is 0 Å². The topological polar surface area (TPSA) is 98.0 Å². The van der Waals surface area contributed by atoms with E-state index in [2.05, 4.69) is 4.98 Å². The number of pyridine rings is 1. The minimum atomic E-state index is -1.02. The summed E-state index contributed by atoms with van der Waals surface area (Å²) < 4.78 is 39.6. The van der Waals surface area contributed by atoms with E-state index in [4.69, 9.17) is 15.2 Å². The predicted octanol–water partition coefficient (Wildman–Crippen LogP) is 4.35. The van der Waals surface area contributed by atoms with Crippen molar-refractivity contribution in [2.45, 2.75) is 70.9 Å². The molecule has 4 rings (SSSR count). The van der Waals surface area contributed by atoms with Crippen LogP contribution in [0.15, 0.2) is 36.5 Å². The van der Waals surface area contributed by atoms with Gasteiger partial charge in [0, 0.05) is 37.5 Å². The van der Waals surface area contributed by atoms with Gasteiger partial charge in [0.1, 0.15) is 18.1 Å². The third-order valence-corrected chi connectivity index (χ3v) is 7.43. The normalized spacial score (nSPS) is 19.7. The van der Waals surface area contributed by atoms with Gasteiger partial charge >= 0.3 is 6.09 Å². The molecular weight excluding hydrogens is 506 g/mol. The molecule has 0 unspecified atom stereocenters. The summed E-state index contributed by atoms with van der Waals surface area (Å²) in [5, 5.41) is 0. The molecule has 2 aliphatic rings. The van der Waals surface area contributed by atoms with Crippen LogP contribution in [0, 0.1) is 11.7 Å². The SMILES string of the molecule is CC(C)OC(=O)N1CCC([C@H](C)Oc2ccc(-c3ccc(C[C@H](N)C(=O)N4CC[C@H](F)C4)c(F)c3)cn2)CC1. The van der Waals surface area contributed by atoms with Crippen molar-refractivity contribution in [2.75, 3.05) is 26.2 Å². The van der Waals surface area contributed by atoms with Crippen molar-refractivity contribution in [3.05, 3.63) is 47.9 Å². The van der Waals surface area contributed by atoms with Gasteiger partial charge in [-0.3, -0.25) is 4.79 Å². The number of ether oxygens (including phenoxy) is 2. The summed E-state index contributed by atoms with van der Waals surface area (Å²) in [7, 11) is 0. The maximum Gasteiger partial charge on any atom is 0.410 e. The molecule has 212 valence electrons. The number of hydrogen-bond acceptors (Lipinski definition) is 6. The highest BCUT2D eigenvalue weighted by atomic mass is 19.1. The van der Waals surface area contributed by atoms with Crippen LogP contribution < -0.4 is 10.5 Å². The average molecular weight is 545 g/mol. The van der Waals surface area contributed by atoms with Crippen molar-refractivity contribution >= 4 is 12.0 Å². The molecule has 2 fully saturated rings. The lowest BCUT2D eigenvalue weighted by molar-refractivity contribution is -0.131. The van der Waals surface area contributed by atoms with Gasteiger partial charge in [-0.15, -0.1) is 0 Å². The van der Waals surface area contributed by atoms with Crippen LogP contribution in [-0.4, -0.2) is 77.4 Å². The van der Waals surface area contributed by atoms with Crippen LogP contribution in [-0.2, 0) is 16.0 Å². The fraction of sp³-hybridized carbons (Fsp3) is 0.552. The highest BCUT2D eigenvalue weighted by molar-refractivity contribution is 5.82. The lowest BCUT2D eigenvalue weighted by Gasteiger charge is -2.34. The van der Waals surface area contributed by atoms with Crippen LogP contribution >= 0.6 is 0 Å². The van der Waals surface area contributed by atoms with Crippen LogP contribution in [0.3, 0.4) is 0 Å². The van der Waals surface area contributed by atoms with Crippen molar-refractivity contribution in [3.63, 3.8) is 0 Å². The molecule has 0 radical (unpaired) electrons. The first-order valence-corrected chi connectivity index (χ1v) is 13.7. The maximum atomic E-state index is 14.9. The zero-order valence-corrected chi connectivity index (χ0v) is 22.8. The van der Waals surface area contributed by atoms with E-state index in [0.29, 0.717) is 49.0 Å². The maximum absolute atomic E-state index is 14.9. The number of nitrogens with two attached hydrogens (primary N) is 1. The molecule has 1 aromatic carbocycles. The Balaban J connectivity index is 1.29. The van der Waals surface area contributed by atoms with Gasteiger partial charge in [0.2, 0.25) is 11.8 Å². The summed E-state index contributed by atoms with van der Waals surface area (Å²) in [4.78, 5) is 32.1. The van der Waals surface area contributed by atoms with Crippen LogP contribution in [0.5, 0.6) is 5.88 Å². The number of hydrogen-bond donors (Lipinski definition) is 1. The fourth-order valence-electron chi connectivity index (χ4n) is 5.10. The number of piperidine rings is 1. The van der Waals surface area contributed by atoms with Crippen molar-refractivity contribution in [3.8, 4) is 17.0 Å². The zero-order valence-electron chi connectivity index (χ0n) is 22.8. The number of nitrogens with zero attached hydrogens (tertiary/aromatic N) is 3. The quantitative estimate of drug-likeness (QED) is 0.531. The molecule has 0 bridgehead atoms. The molecule has 0 spiro atoms. The van der Waals surface area contributed by atoms with Crippen LogP contribution in [0.2, 0.25) is 0 Å². The molecule has 2 amide bonds. The van der Waals surface area contributed by atoms with Gasteiger partial charge in [0.15, 0.2) is 0 Å². The van der Waals surface area contributed by atoms with Gasteiger partial charge in [-0.1, -0.05) is 12.1 Å². The molecule has 10 heteroatoms. The molecule has 3 heterocycles. The molecule has 8 nitrogen and oxygen atoms in total. The van der Waals surface area contributed by atoms with Crippen molar-refractivity contribution in [2.24, 2.45) is 11.7 Å². The third-order valence-electron chi connectivity index (χ3n) is 7.43. The molecule has 39 heavy (non-hydrogen) atoms. The van der Waals surface area contributed by atoms with Gasteiger partial charge in [0.05, 0.1) is 18.7 Å². The number of amides is 2. The van der Waals surface area contributed by atoms with E-state index in [1.54, 1.807) is 29.3 Å². The Hall–Kier alpha value is -3.27.